The summed E-state index contributed by atoms with van der Waals surface area (Å²) in [6, 6.07) is 9.23. The summed E-state index contributed by atoms with van der Waals surface area (Å²) in [5, 5.41) is 11.2. The summed E-state index contributed by atoms with van der Waals surface area (Å²) in [5.41, 5.74) is 0.858. The van der Waals surface area contributed by atoms with Crippen molar-refractivity contribution in [3.05, 3.63) is 48.6 Å². The van der Waals surface area contributed by atoms with Crippen LogP contribution in [0.15, 0.2) is 43.0 Å². The zero-order chi connectivity index (χ0) is 14.8. The molecule has 0 aliphatic carbocycles. The first-order valence-electron chi connectivity index (χ1n) is 6.46. The van der Waals surface area contributed by atoms with Gasteiger partial charge in [-0.25, -0.2) is 0 Å². The first-order chi connectivity index (χ1) is 9.65. The van der Waals surface area contributed by atoms with Crippen LogP contribution in [-0.4, -0.2) is 48.1 Å². The summed E-state index contributed by atoms with van der Waals surface area (Å²) in [7, 11) is 0. The predicted molar refractivity (Wildman–Crippen MR) is 77.0 cm³/mol. The van der Waals surface area contributed by atoms with E-state index in [9.17, 15) is 9.59 Å². The van der Waals surface area contributed by atoms with Gasteiger partial charge in [-0.15, -0.1) is 6.58 Å². The third-order valence-electron chi connectivity index (χ3n) is 2.66. The molecule has 0 heterocycles. The molecule has 5 heteroatoms. The number of rotatable bonds is 8. The van der Waals surface area contributed by atoms with Gasteiger partial charge in [-0.3, -0.25) is 19.8 Å². The highest BCUT2D eigenvalue weighted by Gasteiger charge is 2.12. The van der Waals surface area contributed by atoms with Crippen LogP contribution in [0.4, 0.5) is 0 Å². The number of nitrogens with zero attached hydrogens (tertiary/aromatic N) is 1. The van der Waals surface area contributed by atoms with E-state index in [0.29, 0.717) is 13.1 Å². The minimum atomic E-state index is -0.374. The molecule has 20 heavy (non-hydrogen) atoms. The van der Waals surface area contributed by atoms with E-state index < -0.39 is 0 Å². The lowest BCUT2D eigenvalue weighted by Crippen LogP contribution is -2.41. The molecule has 1 aromatic rings. The number of hydrogen-bond donors (Lipinski definition) is 2. The highest BCUT2D eigenvalue weighted by molar-refractivity contribution is 5.96. The van der Waals surface area contributed by atoms with Gasteiger partial charge in [0.25, 0.3) is 0 Å². The van der Waals surface area contributed by atoms with Crippen molar-refractivity contribution in [3.8, 4) is 0 Å². The number of amides is 2. The fourth-order valence-corrected chi connectivity index (χ4v) is 1.78. The Morgan fingerprint density at radius 3 is 2.55 bits per heavy atom. The summed E-state index contributed by atoms with van der Waals surface area (Å²) < 4.78 is 0. The molecule has 0 saturated carbocycles. The first kappa shape index (κ1) is 16.1. The van der Waals surface area contributed by atoms with E-state index in [1.54, 1.807) is 11.0 Å². The van der Waals surface area contributed by atoms with Gasteiger partial charge in [0.1, 0.15) is 0 Å². The maximum Gasteiger partial charge on any atom is 0.240 e. The number of aliphatic hydroxyl groups excluding tert-OH is 1. The number of carbonyl (C=O) groups is 2. The summed E-state index contributed by atoms with van der Waals surface area (Å²) >= 11 is 0. The molecule has 0 bridgehead atoms. The molecule has 1 aromatic carbocycles. The maximum atomic E-state index is 11.7. The van der Waals surface area contributed by atoms with Gasteiger partial charge in [0.05, 0.1) is 19.6 Å². The van der Waals surface area contributed by atoms with Crippen molar-refractivity contribution in [1.29, 1.82) is 0 Å². The van der Waals surface area contributed by atoms with Gasteiger partial charge in [0.15, 0.2) is 0 Å². The van der Waals surface area contributed by atoms with Gasteiger partial charge in [-0.05, 0) is 5.56 Å². The van der Waals surface area contributed by atoms with Crippen LogP contribution in [-0.2, 0) is 16.0 Å². The van der Waals surface area contributed by atoms with E-state index in [-0.39, 0.29) is 31.4 Å². The largest absolute Gasteiger partial charge is 0.395 e. The van der Waals surface area contributed by atoms with Crippen LogP contribution < -0.4 is 5.32 Å². The highest BCUT2D eigenvalue weighted by Crippen LogP contribution is 1.99. The molecule has 0 unspecified atom stereocenters. The molecular weight excluding hydrogens is 256 g/mol. The molecule has 0 atom stereocenters. The van der Waals surface area contributed by atoms with Gasteiger partial charge in [0.2, 0.25) is 11.8 Å². The molecular formula is C15H20N2O3. The molecule has 0 radical (unpaired) electrons. The third kappa shape index (κ3) is 6.26. The van der Waals surface area contributed by atoms with Crippen LogP contribution in [0.2, 0.25) is 0 Å². The highest BCUT2D eigenvalue weighted by atomic mass is 16.3. The lowest BCUT2D eigenvalue weighted by molar-refractivity contribution is -0.130. The molecule has 0 aliphatic heterocycles. The number of hydrogen-bond acceptors (Lipinski definition) is 4. The Labute approximate surface area is 118 Å². The summed E-state index contributed by atoms with van der Waals surface area (Å²) in [6.07, 6.45) is 1.82. The fraction of sp³-hybridized carbons (Fsp3) is 0.333. The molecule has 0 aliphatic rings. The Hall–Kier alpha value is -1.98. The number of aliphatic hydroxyl groups is 1. The van der Waals surface area contributed by atoms with E-state index in [1.165, 1.54) is 0 Å². The van der Waals surface area contributed by atoms with Crippen molar-refractivity contribution < 1.29 is 14.7 Å². The Morgan fingerprint density at radius 2 is 1.95 bits per heavy atom. The molecule has 2 amide bonds. The Kier molecular flexibility index (Phi) is 7.24. The first-order valence-corrected chi connectivity index (χ1v) is 6.46. The molecule has 0 spiro atoms. The average molecular weight is 276 g/mol. The molecule has 1 rings (SSSR count). The number of carbonyl (C=O) groups excluding carboxylic acids is 2. The summed E-state index contributed by atoms with van der Waals surface area (Å²) in [5.74, 6) is -0.704. The van der Waals surface area contributed by atoms with Crippen molar-refractivity contribution in [1.82, 2.24) is 10.2 Å². The van der Waals surface area contributed by atoms with Crippen LogP contribution in [0.5, 0.6) is 0 Å². The Balaban J connectivity index is 2.40. The quantitative estimate of drug-likeness (QED) is 0.672. The summed E-state index contributed by atoms with van der Waals surface area (Å²) in [4.78, 5) is 25.1. The van der Waals surface area contributed by atoms with Crippen molar-refractivity contribution in [2.45, 2.75) is 6.42 Å². The number of benzene rings is 1. The number of nitrogens with one attached hydrogen (secondary N) is 1. The van der Waals surface area contributed by atoms with Gasteiger partial charge < -0.3 is 5.11 Å². The minimum absolute atomic E-state index is 0.0426. The van der Waals surface area contributed by atoms with Crippen LogP contribution in [0.25, 0.3) is 0 Å². The molecule has 108 valence electrons. The SMILES string of the molecule is C=CCN(CCO)CC(=O)NC(=O)Cc1ccccc1. The molecule has 5 nitrogen and oxygen atoms in total. The molecule has 0 saturated heterocycles. The van der Waals surface area contributed by atoms with E-state index in [0.717, 1.165) is 5.56 Å². The van der Waals surface area contributed by atoms with Gasteiger partial charge in [0, 0.05) is 13.1 Å². The van der Waals surface area contributed by atoms with Crippen LogP contribution in [0, 0.1) is 0 Å². The number of imide groups is 1. The van der Waals surface area contributed by atoms with Gasteiger partial charge in [-0.1, -0.05) is 36.4 Å². The standard InChI is InChI=1S/C15H20N2O3/c1-2-8-17(9-10-18)12-15(20)16-14(19)11-13-6-4-3-5-7-13/h2-7,18H,1,8-12H2,(H,16,19,20). The Bertz CT molecular complexity index is 446. The van der Waals surface area contributed by atoms with Crippen LogP contribution in [0.1, 0.15) is 5.56 Å². The molecule has 0 aromatic heterocycles. The van der Waals surface area contributed by atoms with E-state index >= 15 is 0 Å². The smallest absolute Gasteiger partial charge is 0.240 e. The van der Waals surface area contributed by atoms with Crippen molar-refractivity contribution in [2.24, 2.45) is 0 Å². The van der Waals surface area contributed by atoms with Crippen LogP contribution >= 0.6 is 0 Å². The van der Waals surface area contributed by atoms with Gasteiger partial charge in [-0.2, -0.15) is 0 Å². The van der Waals surface area contributed by atoms with Crippen molar-refractivity contribution >= 4 is 11.8 Å². The van der Waals surface area contributed by atoms with Crippen molar-refractivity contribution in [3.63, 3.8) is 0 Å². The van der Waals surface area contributed by atoms with Gasteiger partial charge >= 0.3 is 0 Å². The molecule has 0 fully saturated rings. The zero-order valence-corrected chi connectivity index (χ0v) is 11.4. The average Bonchev–Trinajstić information content (AvgIpc) is 2.40. The monoisotopic (exact) mass is 276 g/mol. The summed E-state index contributed by atoms with van der Waals surface area (Å²) in [6.45, 7) is 4.46. The normalized spacial score (nSPS) is 10.3. The topological polar surface area (TPSA) is 69.6 Å². The Morgan fingerprint density at radius 1 is 1.25 bits per heavy atom. The van der Waals surface area contributed by atoms with E-state index in [1.807, 2.05) is 30.3 Å². The fourth-order valence-electron chi connectivity index (χ4n) is 1.78. The lowest BCUT2D eigenvalue weighted by atomic mass is 10.1. The molecule has 2 N–H and O–H groups in total. The zero-order valence-electron chi connectivity index (χ0n) is 11.4. The second-order valence-corrected chi connectivity index (χ2v) is 4.38. The van der Waals surface area contributed by atoms with Crippen molar-refractivity contribution in [2.75, 3.05) is 26.2 Å². The third-order valence-corrected chi connectivity index (χ3v) is 2.66. The predicted octanol–water partition coefficient (Wildman–Crippen LogP) is 0.352. The van der Waals surface area contributed by atoms with E-state index in [2.05, 4.69) is 11.9 Å². The lowest BCUT2D eigenvalue weighted by Gasteiger charge is -2.18. The second-order valence-electron chi connectivity index (χ2n) is 4.38. The minimum Gasteiger partial charge on any atom is -0.395 e. The maximum absolute atomic E-state index is 11.7. The van der Waals surface area contributed by atoms with Crippen LogP contribution in [0.3, 0.4) is 0 Å². The second kappa shape index (κ2) is 9.01. The van der Waals surface area contributed by atoms with E-state index in [4.69, 9.17) is 5.11 Å².